The molecule has 0 radical (unpaired) electrons. The first-order valence-corrected chi connectivity index (χ1v) is 5.40. The monoisotopic (exact) mass is 237 g/mol. The van der Waals surface area contributed by atoms with E-state index in [1.54, 1.807) is 60.5 Å². The Hall–Kier alpha value is -2.67. The molecule has 88 valence electrons. The van der Waals surface area contributed by atoms with Crippen molar-refractivity contribution in [2.45, 2.75) is 0 Å². The summed E-state index contributed by atoms with van der Waals surface area (Å²) in [5, 5.41) is 9.08. The second-order valence-corrected chi connectivity index (χ2v) is 3.79. The Morgan fingerprint density at radius 3 is 2.83 bits per heavy atom. The van der Waals surface area contributed by atoms with Gasteiger partial charge in [-0.05, 0) is 29.8 Å². The molecule has 0 atom stereocenters. The van der Waals surface area contributed by atoms with E-state index >= 15 is 0 Å². The number of rotatable bonds is 3. The number of aryl methyl sites for hydroxylation is 1. The number of aromatic nitrogens is 2. The minimum Gasteiger partial charge on any atom is -0.348 e. The first-order chi connectivity index (χ1) is 8.72. The third kappa shape index (κ3) is 2.36. The van der Waals surface area contributed by atoms with E-state index in [1.807, 2.05) is 6.07 Å². The Balaban J connectivity index is 2.37. The van der Waals surface area contributed by atoms with E-state index in [9.17, 15) is 4.79 Å². The lowest BCUT2D eigenvalue weighted by molar-refractivity contribution is 0.103. The van der Waals surface area contributed by atoms with Crippen molar-refractivity contribution in [2.75, 3.05) is 0 Å². The summed E-state index contributed by atoms with van der Waals surface area (Å²) >= 11 is 0. The quantitative estimate of drug-likeness (QED) is 0.467. The van der Waals surface area contributed by atoms with Crippen LogP contribution in [0.4, 0.5) is 0 Å². The third-order valence-corrected chi connectivity index (χ3v) is 2.54. The number of nitriles is 1. The van der Waals surface area contributed by atoms with Gasteiger partial charge in [0.05, 0.1) is 5.69 Å². The van der Waals surface area contributed by atoms with Gasteiger partial charge in [0.1, 0.15) is 11.6 Å². The number of Topliss-reactive ketones (excluding diaryl/α,β-unsaturated/α-hetero) is 1. The molecule has 0 saturated heterocycles. The SMILES string of the molecule is Cn1cccc1C(=O)C(C#N)=Cc1cccnc1. The predicted molar refractivity (Wildman–Crippen MR) is 67.6 cm³/mol. The van der Waals surface area contributed by atoms with Gasteiger partial charge in [-0.1, -0.05) is 6.07 Å². The normalized spacial score (nSPS) is 11.0. The van der Waals surface area contributed by atoms with Crippen LogP contribution in [0.15, 0.2) is 48.4 Å². The number of nitrogens with zero attached hydrogens (tertiary/aromatic N) is 3. The van der Waals surface area contributed by atoms with E-state index in [0.29, 0.717) is 5.69 Å². The zero-order valence-corrected chi connectivity index (χ0v) is 9.87. The molecule has 0 aliphatic heterocycles. The summed E-state index contributed by atoms with van der Waals surface area (Å²) in [6.45, 7) is 0. The van der Waals surface area contributed by atoms with Gasteiger partial charge in [-0.3, -0.25) is 9.78 Å². The van der Waals surface area contributed by atoms with Crippen molar-refractivity contribution in [3.05, 3.63) is 59.7 Å². The highest BCUT2D eigenvalue weighted by atomic mass is 16.1. The van der Waals surface area contributed by atoms with Crippen LogP contribution in [0.3, 0.4) is 0 Å². The Bertz CT molecular complexity index is 633. The summed E-state index contributed by atoms with van der Waals surface area (Å²) in [4.78, 5) is 16.1. The average molecular weight is 237 g/mol. The largest absolute Gasteiger partial charge is 0.348 e. The fraction of sp³-hybridized carbons (Fsp3) is 0.0714. The molecule has 2 rings (SSSR count). The molecular weight excluding hydrogens is 226 g/mol. The van der Waals surface area contributed by atoms with Gasteiger partial charge in [0, 0.05) is 25.6 Å². The van der Waals surface area contributed by atoms with Crippen LogP contribution in [-0.2, 0) is 7.05 Å². The zero-order valence-electron chi connectivity index (χ0n) is 9.87. The number of hydrogen-bond donors (Lipinski definition) is 0. The maximum absolute atomic E-state index is 12.1. The highest BCUT2D eigenvalue weighted by Crippen LogP contribution is 2.11. The number of allylic oxidation sites excluding steroid dienone is 1. The molecule has 0 N–H and O–H groups in total. The van der Waals surface area contributed by atoms with Gasteiger partial charge in [-0.25, -0.2) is 0 Å². The molecule has 0 saturated carbocycles. The van der Waals surface area contributed by atoms with Crippen LogP contribution in [0, 0.1) is 11.3 Å². The summed E-state index contributed by atoms with van der Waals surface area (Å²) in [6, 6.07) is 8.95. The summed E-state index contributed by atoms with van der Waals surface area (Å²) < 4.78 is 1.69. The molecule has 0 spiro atoms. The molecule has 0 bridgehead atoms. The van der Waals surface area contributed by atoms with Gasteiger partial charge in [0.2, 0.25) is 5.78 Å². The molecule has 0 fully saturated rings. The molecule has 18 heavy (non-hydrogen) atoms. The molecule has 0 aliphatic carbocycles. The van der Waals surface area contributed by atoms with Gasteiger partial charge in [0.25, 0.3) is 0 Å². The van der Waals surface area contributed by atoms with Crippen LogP contribution in [0.25, 0.3) is 6.08 Å². The number of pyridine rings is 1. The maximum atomic E-state index is 12.1. The average Bonchev–Trinajstić information content (AvgIpc) is 2.82. The lowest BCUT2D eigenvalue weighted by Crippen LogP contribution is -2.07. The van der Waals surface area contributed by atoms with Crippen molar-refractivity contribution < 1.29 is 4.79 Å². The van der Waals surface area contributed by atoms with E-state index in [-0.39, 0.29) is 11.4 Å². The number of hydrogen-bond acceptors (Lipinski definition) is 3. The van der Waals surface area contributed by atoms with Crippen molar-refractivity contribution in [3.8, 4) is 6.07 Å². The molecule has 4 heteroatoms. The van der Waals surface area contributed by atoms with Crippen LogP contribution < -0.4 is 0 Å². The standard InChI is InChI=1S/C14H11N3O/c1-17-7-3-5-13(17)14(18)12(9-15)8-11-4-2-6-16-10-11/h2-8,10H,1H3. The van der Waals surface area contributed by atoms with Crippen molar-refractivity contribution in [2.24, 2.45) is 7.05 Å². The predicted octanol–water partition coefficient (Wildman–Crippen LogP) is 2.21. The minimum atomic E-state index is -0.283. The van der Waals surface area contributed by atoms with Crippen LogP contribution in [-0.4, -0.2) is 15.3 Å². The minimum absolute atomic E-state index is 0.102. The lowest BCUT2D eigenvalue weighted by atomic mass is 10.1. The topological polar surface area (TPSA) is 58.7 Å². The molecule has 0 aliphatic rings. The molecule has 2 aromatic heterocycles. The maximum Gasteiger partial charge on any atom is 0.219 e. The summed E-state index contributed by atoms with van der Waals surface area (Å²) in [6.07, 6.45) is 6.56. The van der Waals surface area contributed by atoms with Crippen LogP contribution in [0.5, 0.6) is 0 Å². The van der Waals surface area contributed by atoms with Crippen LogP contribution >= 0.6 is 0 Å². The Labute approximate surface area is 105 Å². The number of ketones is 1. The van der Waals surface area contributed by atoms with Crippen molar-refractivity contribution >= 4 is 11.9 Å². The Morgan fingerprint density at radius 2 is 2.28 bits per heavy atom. The summed E-state index contributed by atoms with van der Waals surface area (Å²) in [5.74, 6) is -0.283. The Morgan fingerprint density at radius 1 is 1.44 bits per heavy atom. The smallest absolute Gasteiger partial charge is 0.219 e. The van der Waals surface area contributed by atoms with Crippen molar-refractivity contribution in [1.82, 2.24) is 9.55 Å². The lowest BCUT2D eigenvalue weighted by Gasteiger charge is -2.01. The molecular formula is C14H11N3O. The van der Waals surface area contributed by atoms with E-state index in [1.165, 1.54) is 0 Å². The second-order valence-electron chi connectivity index (χ2n) is 3.79. The number of carbonyl (C=O) groups is 1. The van der Waals surface area contributed by atoms with Gasteiger partial charge >= 0.3 is 0 Å². The van der Waals surface area contributed by atoms with Crippen LogP contribution in [0.1, 0.15) is 16.1 Å². The van der Waals surface area contributed by atoms with Gasteiger partial charge < -0.3 is 4.57 Å². The zero-order chi connectivity index (χ0) is 13.0. The van der Waals surface area contributed by atoms with E-state index < -0.39 is 0 Å². The highest BCUT2D eigenvalue weighted by Gasteiger charge is 2.14. The Kier molecular flexibility index (Phi) is 3.35. The van der Waals surface area contributed by atoms with E-state index in [2.05, 4.69) is 4.98 Å². The third-order valence-electron chi connectivity index (χ3n) is 2.54. The van der Waals surface area contributed by atoms with E-state index in [0.717, 1.165) is 5.56 Å². The highest BCUT2D eigenvalue weighted by molar-refractivity contribution is 6.13. The van der Waals surface area contributed by atoms with E-state index in [4.69, 9.17) is 5.26 Å². The first-order valence-electron chi connectivity index (χ1n) is 5.40. The summed E-state index contributed by atoms with van der Waals surface area (Å²) in [7, 11) is 1.77. The summed E-state index contributed by atoms with van der Waals surface area (Å²) in [5.41, 5.74) is 1.33. The molecule has 2 heterocycles. The van der Waals surface area contributed by atoms with Crippen molar-refractivity contribution in [1.29, 1.82) is 5.26 Å². The molecule has 0 amide bonds. The molecule has 0 unspecified atom stereocenters. The number of carbonyl (C=O) groups excluding carboxylic acids is 1. The molecule has 4 nitrogen and oxygen atoms in total. The fourth-order valence-electron chi connectivity index (χ4n) is 1.61. The van der Waals surface area contributed by atoms with Gasteiger partial charge in [0.15, 0.2) is 0 Å². The van der Waals surface area contributed by atoms with Crippen LogP contribution in [0.2, 0.25) is 0 Å². The van der Waals surface area contributed by atoms with Crippen molar-refractivity contribution in [3.63, 3.8) is 0 Å². The van der Waals surface area contributed by atoms with Gasteiger partial charge in [-0.2, -0.15) is 5.26 Å². The first kappa shape index (κ1) is 11.8. The van der Waals surface area contributed by atoms with Gasteiger partial charge in [-0.15, -0.1) is 0 Å². The molecule has 0 aromatic carbocycles. The fourth-order valence-corrected chi connectivity index (χ4v) is 1.61. The second kappa shape index (κ2) is 5.11. The molecule has 2 aromatic rings.